The summed E-state index contributed by atoms with van der Waals surface area (Å²) in [4.78, 5) is 46.3. The summed E-state index contributed by atoms with van der Waals surface area (Å²) in [6.45, 7) is 3.78. The van der Waals surface area contributed by atoms with Gasteiger partial charge in [-0.25, -0.2) is 4.79 Å². The summed E-state index contributed by atoms with van der Waals surface area (Å²) in [5, 5.41) is 19.6. The van der Waals surface area contributed by atoms with E-state index >= 15 is 0 Å². The van der Waals surface area contributed by atoms with E-state index in [0.29, 0.717) is 6.42 Å². The second-order valence-electron chi connectivity index (χ2n) is 7.29. The van der Waals surface area contributed by atoms with E-state index in [1.165, 1.54) is 12.1 Å². The van der Waals surface area contributed by atoms with Gasteiger partial charge in [0.1, 0.15) is 11.9 Å². The van der Waals surface area contributed by atoms with Crippen LogP contribution in [0, 0.1) is 5.92 Å². The Hall–Kier alpha value is -3.18. The van der Waals surface area contributed by atoms with Crippen LogP contribution in [0.3, 0.4) is 0 Å². The van der Waals surface area contributed by atoms with Crippen molar-refractivity contribution in [1.29, 1.82) is 0 Å². The Balaban J connectivity index is 2.29. The highest BCUT2D eigenvalue weighted by Crippen LogP contribution is 2.29. The number of aliphatic hydroxyl groups excluding tert-OH is 1. The van der Waals surface area contributed by atoms with Gasteiger partial charge in [0.25, 0.3) is 0 Å². The van der Waals surface area contributed by atoms with Crippen LogP contribution in [0.2, 0.25) is 0 Å². The third-order valence-electron chi connectivity index (χ3n) is 4.70. The van der Waals surface area contributed by atoms with E-state index < -0.39 is 60.5 Å². The van der Waals surface area contributed by atoms with Gasteiger partial charge in [-0.3, -0.25) is 14.4 Å². The molecule has 6 atom stereocenters. The van der Waals surface area contributed by atoms with Crippen LogP contribution < -0.4 is 4.74 Å². The van der Waals surface area contributed by atoms with Crippen molar-refractivity contribution in [3.05, 3.63) is 29.8 Å². The maximum absolute atomic E-state index is 12.1. The molecule has 11 heteroatoms. The lowest BCUT2D eigenvalue weighted by Gasteiger charge is -2.41. The molecule has 0 aliphatic carbocycles. The van der Waals surface area contributed by atoms with Crippen LogP contribution in [0.5, 0.6) is 5.75 Å². The number of aliphatic carboxylic acids is 1. The molecular weight excluding hydrogens is 428 g/mol. The van der Waals surface area contributed by atoms with Gasteiger partial charge in [-0.05, 0) is 24.1 Å². The summed E-state index contributed by atoms with van der Waals surface area (Å²) < 4.78 is 26.2. The molecule has 0 aromatic heterocycles. The largest absolute Gasteiger partial charge is 0.481 e. The van der Waals surface area contributed by atoms with E-state index in [1.807, 2.05) is 0 Å². The second kappa shape index (κ2) is 10.9. The van der Waals surface area contributed by atoms with Gasteiger partial charge in [0.15, 0.2) is 12.2 Å². The Kier molecular flexibility index (Phi) is 8.56. The molecule has 11 nitrogen and oxygen atoms in total. The molecule has 0 bridgehead atoms. The lowest BCUT2D eigenvalue weighted by atomic mass is 9.98. The molecule has 1 aromatic carbocycles. The van der Waals surface area contributed by atoms with Crippen LogP contribution in [-0.4, -0.2) is 71.9 Å². The highest BCUT2D eigenvalue weighted by Gasteiger charge is 2.53. The van der Waals surface area contributed by atoms with Gasteiger partial charge in [-0.15, -0.1) is 0 Å². The summed E-state index contributed by atoms with van der Waals surface area (Å²) in [6.07, 6.45) is -7.24. The quantitative estimate of drug-likeness (QED) is 0.415. The molecule has 0 radical (unpaired) electrons. The van der Waals surface area contributed by atoms with E-state index in [4.69, 9.17) is 24.1 Å². The summed E-state index contributed by atoms with van der Waals surface area (Å²) in [5.74, 6) is -3.75. The maximum atomic E-state index is 12.1. The summed E-state index contributed by atoms with van der Waals surface area (Å²) in [5.41, 5.74) is 0.744. The van der Waals surface area contributed by atoms with Crippen molar-refractivity contribution in [2.45, 2.75) is 57.9 Å². The van der Waals surface area contributed by atoms with Crippen LogP contribution in [-0.2, 0) is 44.5 Å². The molecule has 2 rings (SSSR count). The first kappa shape index (κ1) is 25.1. The van der Waals surface area contributed by atoms with Crippen molar-refractivity contribution in [3.63, 3.8) is 0 Å². The van der Waals surface area contributed by atoms with Crippen molar-refractivity contribution in [2.75, 3.05) is 7.11 Å². The lowest BCUT2D eigenvalue weighted by Crippen LogP contribution is -2.63. The number of ether oxygens (including phenoxy) is 5. The molecule has 1 heterocycles. The molecule has 0 saturated carbocycles. The molecule has 32 heavy (non-hydrogen) atoms. The molecule has 0 amide bonds. The van der Waals surface area contributed by atoms with Gasteiger partial charge in [0, 0.05) is 13.8 Å². The van der Waals surface area contributed by atoms with Crippen LogP contribution in [0.15, 0.2) is 24.3 Å². The number of benzene rings is 1. The molecule has 1 saturated heterocycles. The van der Waals surface area contributed by atoms with Gasteiger partial charge < -0.3 is 33.9 Å². The molecule has 1 aliphatic heterocycles. The third kappa shape index (κ3) is 6.41. The van der Waals surface area contributed by atoms with Gasteiger partial charge in [0.05, 0.1) is 13.0 Å². The van der Waals surface area contributed by atoms with Crippen LogP contribution in [0.1, 0.15) is 26.3 Å². The van der Waals surface area contributed by atoms with Gasteiger partial charge in [0.2, 0.25) is 12.4 Å². The Morgan fingerprint density at radius 1 is 1.03 bits per heavy atom. The fourth-order valence-electron chi connectivity index (χ4n) is 3.15. The topological polar surface area (TPSA) is 155 Å². The first-order valence-electron chi connectivity index (χ1n) is 9.77. The summed E-state index contributed by atoms with van der Waals surface area (Å²) >= 11 is 0. The van der Waals surface area contributed by atoms with Crippen LogP contribution >= 0.6 is 0 Å². The van der Waals surface area contributed by atoms with Crippen molar-refractivity contribution in [1.82, 2.24) is 0 Å². The minimum Gasteiger partial charge on any atom is -0.481 e. The monoisotopic (exact) mass is 454 g/mol. The number of carbonyl (C=O) groups excluding carboxylic acids is 3. The van der Waals surface area contributed by atoms with E-state index in [1.54, 1.807) is 19.1 Å². The second-order valence-corrected chi connectivity index (χ2v) is 7.29. The smallest absolute Gasteiger partial charge is 0.338 e. The van der Waals surface area contributed by atoms with E-state index in [2.05, 4.69) is 4.74 Å². The van der Waals surface area contributed by atoms with Crippen molar-refractivity contribution in [3.8, 4) is 5.75 Å². The van der Waals surface area contributed by atoms with E-state index in [-0.39, 0.29) is 5.75 Å². The van der Waals surface area contributed by atoms with Gasteiger partial charge >= 0.3 is 23.9 Å². The molecule has 176 valence electrons. The fourth-order valence-corrected chi connectivity index (χ4v) is 3.15. The zero-order chi connectivity index (χ0) is 24.0. The zero-order valence-electron chi connectivity index (χ0n) is 18.0. The zero-order valence-corrected chi connectivity index (χ0v) is 18.0. The standard InChI is InChI=1S/C21H26O11/c1-10(19(25)26)9-13-5-7-14(8-6-13)31-21-18(30-12(3)23)16(29-11(2)22)15(24)17(32-21)20(27)28-4/h5-8,10,15-18,21,24H,9H2,1-4H3,(H,25,26)/t10-,15-,16-,17-,18+,21+/m0/s1. The molecular formula is C21H26O11. The van der Waals surface area contributed by atoms with Gasteiger partial charge in [-0.2, -0.15) is 0 Å². The van der Waals surface area contributed by atoms with Crippen molar-refractivity contribution in [2.24, 2.45) is 5.92 Å². The molecule has 1 aromatic rings. The first-order chi connectivity index (χ1) is 15.0. The highest BCUT2D eigenvalue weighted by atomic mass is 16.7. The Morgan fingerprint density at radius 2 is 1.59 bits per heavy atom. The van der Waals surface area contributed by atoms with Gasteiger partial charge in [-0.1, -0.05) is 19.1 Å². The normalized spacial score (nSPS) is 25.8. The number of methoxy groups -OCH3 is 1. The molecule has 0 spiro atoms. The predicted octanol–water partition coefficient (Wildman–Crippen LogP) is 0.451. The SMILES string of the molecule is COC(=O)[C@H]1O[C@@H](Oc2ccc(C[C@H](C)C(=O)O)cc2)[C@H](OC(C)=O)[C@@H](OC(C)=O)[C@@H]1O. The summed E-state index contributed by atoms with van der Waals surface area (Å²) in [6, 6.07) is 6.37. The maximum Gasteiger partial charge on any atom is 0.338 e. The molecule has 0 unspecified atom stereocenters. The molecule has 2 N–H and O–H groups in total. The number of carbonyl (C=O) groups is 4. The Bertz CT molecular complexity index is 835. The average Bonchev–Trinajstić information content (AvgIpc) is 2.72. The number of hydrogen-bond acceptors (Lipinski definition) is 10. The highest BCUT2D eigenvalue weighted by molar-refractivity contribution is 5.76. The van der Waals surface area contributed by atoms with Crippen LogP contribution in [0.25, 0.3) is 0 Å². The van der Waals surface area contributed by atoms with Crippen LogP contribution in [0.4, 0.5) is 0 Å². The third-order valence-corrected chi connectivity index (χ3v) is 4.70. The average molecular weight is 454 g/mol. The Labute approximate surface area is 184 Å². The number of carboxylic acids is 1. The van der Waals surface area contributed by atoms with E-state index in [9.17, 15) is 24.3 Å². The summed E-state index contributed by atoms with van der Waals surface area (Å²) in [7, 11) is 1.09. The lowest BCUT2D eigenvalue weighted by molar-refractivity contribution is -0.279. The Morgan fingerprint density at radius 3 is 2.09 bits per heavy atom. The fraction of sp³-hybridized carbons (Fsp3) is 0.524. The number of esters is 3. The minimum atomic E-state index is -1.68. The number of aliphatic hydroxyl groups is 1. The first-order valence-corrected chi connectivity index (χ1v) is 9.77. The predicted molar refractivity (Wildman–Crippen MR) is 105 cm³/mol. The van der Waals surface area contributed by atoms with Crippen molar-refractivity contribution < 1.29 is 53.1 Å². The van der Waals surface area contributed by atoms with Crippen molar-refractivity contribution >= 4 is 23.9 Å². The number of hydrogen-bond donors (Lipinski definition) is 2. The molecule has 1 fully saturated rings. The molecule has 1 aliphatic rings. The minimum absolute atomic E-state index is 0.237. The number of carboxylic acid groups (broad SMARTS) is 1. The number of rotatable bonds is 8. The van der Waals surface area contributed by atoms with E-state index in [0.717, 1.165) is 26.5 Å².